The van der Waals surface area contributed by atoms with Crippen molar-refractivity contribution in [3.8, 4) is 0 Å². The molecule has 1 aliphatic carbocycles. The maximum Gasteiger partial charge on any atom is 0.00683 e. The zero-order valence-corrected chi connectivity index (χ0v) is 12.1. The van der Waals surface area contributed by atoms with Gasteiger partial charge >= 0.3 is 0 Å². The summed E-state index contributed by atoms with van der Waals surface area (Å²) in [4.78, 5) is 0. The second-order valence-electron chi connectivity index (χ2n) is 6.37. The number of hydrogen-bond donors (Lipinski definition) is 1. The molecule has 2 rings (SSSR count). The molecule has 0 saturated heterocycles. The van der Waals surface area contributed by atoms with E-state index in [9.17, 15) is 0 Å². The van der Waals surface area contributed by atoms with Crippen molar-refractivity contribution >= 4 is 0 Å². The molecule has 1 saturated carbocycles. The second-order valence-corrected chi connectivity index (χ2v) is 6.37. The highest BCUT2D eigenvalue weighted by Crippen LogP contribution is 2.22. The molecule has 1 fully saturated rings. The molecule has 0 spiro atoms. The molecule has 1 aliphatic rings. The maximum atomic E-state index is 3.70. The molecule has 0 bridgehead atoms. The van der Waals surface area contributed by atoms with Crippen LogP contribution in [0.15, 0.2) is 24.3 Å². The van der Waals surface area contributed by atoms with Gasteiger partial charge in [-0.25, -0.2) is 0 Å². The molecule has 1 aromatic rings. The van der Waals surface area contributed by atoms with Crippen molar-refractivity contribution in [1.29, 1.82) is 0 Å². The third-order valence-corrected chi connectivity index (χ3v) is 3.68. The van der Waals surface area contributed by atoms with Crippen LogP contribution in [0, 0.1) is 18.8 Å². The minimum Gasteiger partial charge on any atom is -0.314 e. The van der Waals surface area contributed by atoms with E-state index in [1.54, 1.807) is 0 Å². The Morgan fingerprint density at radius 2 is 2.06 bits per heavy atom. The van der Waals surface area contributed by atoms with Gasteiger partial charge in [-0.3, -0.25) is 0 Å². The molecule has 1 aromatic carbocycles. The summed E-state index contributed by atoms with van der Waals surface area (Å²) in [6, 6.07) is 9.81. The highest BCUT2D eigenvalue weighted by Gasteiger charge is 2.22. The number of aryl methyl sites for hydroxylation is 1. The molecular weight excluding hydrogens is 218 g/mol. The Labute approximate surface area is 112 Å². The fraction of sp³-hybridized carbons (Fsp3) is 0.647. The number of nitrogens with one attached hydrogen (secondary N) is 1. The van der Waals surface area contributed by atoms with Crippen molar-refractivity contribution in [1.82, 2.24) is 5.32 Å². The van der Waals surface area contributed by atoms with Crippen molar-refractivity contribution in [3.63, 3.8) is 0 Å². The Hall–Kier alpha value is -0.820. The van der Waals surface area contributed by atoms with Gasteiger partial charge in [-0.2, -0.15) is 0 Å². The Balaban J connectivity index is 1.89. The van der Waals surface area contributed by atoms with E-state index in [0.717, 1.165) is 17.9 Å². The summed E-state index contributed by atoms with van der Waals surface area (Å²) in [5.41, 5.74) is 2.88. The zero-order chi connectivity index (χ0) is 13.0. The lowest BCUT2D eigenvalue weighted by Crippen LogP contribution is -2.27. The van der Waals surface area contributed by atoms with Gasteiger partial charge in [0.1, 0.15) is 0 Å². The topological polar surface area (TPSA) is 12.0 Å². The van der Waals surface area contributed by atoms with Gasteiger partial charge in [0.05, 0.1) is 0 Å². The van der Waals surface area contributed by atoms with E-state index < -0.39 is 0 Å². The van der Waals surface area contributed by atoms with Crippen LogP contribution in [0.25, 0.3) is 0 Å². The van der Waals surface area contributed by atoms with E-state index >= 15 is 0 Å². The summed E-state index contributed by atoms with van der Waals surface area (Å²) in [5, 5.41) is 3.70. The highest BCUT2D eigenvalue weighted by atomic mass is 14.9. The standard InChI is InChI=1S/C17H27N/c1-13(2)9-16(12-18-17-7-8-17)11-15-6-4-5-14(3)10-15/h4-6,10,13,16-18H,7-9,11-12H2,1-3H3. The van der Waals surface area contributed by atoms with Crippen LogP contribution >= 0.6 is 0 Å². The van der Waals surface area contributed by atoms with Crippen molar-refractivity contribution in [2.75, 3.05) is 6.54 Å². The molecule has 0 aliphatic heterocycles. The molecule has 1 unspecified atom stereocenters. The summed E-state index contributed by atoms with van der Waals surface area (Å²) in [6.07, 6.45) is 5.32. The predicted octanol–water partition coefficient (Wildman–Crippen LogP) is 3.95. The normalized spacial score (nSPS) is 17.1. The van der Waals surface area contributed by atoms with Gasteiger partial charge < -0.3 is 5.32 Å². The summed E-state index contributed by atoms with van der Waals surface area (Å²) in [5.74, 6) is 1.58. The van der Waals surface area contributed by atoms with E-state index in [1.807, 2.05) is 0 Å². The van der Waals surface area contributed by atoms with Gasteiger partial charge in [0.25, 0.3) is 0 Å². The molecule has 1 N–H and O–H groups in total. The zero-order valence-electron chi connectivity index (χ0n) is 12.1. The molecule has 1 nitrogen and oxygen atoms in total. The quantitative estimate of drug-likeness (QED) is 0.767. The number of benzene rings is 1. The fourth-order valence-electron chi connectivity index (χ4n) is 2.70. The lowest BCUT2D eigenvalue weighted by atomic mass is 9.90. The van der Waals surface area contributed by atoms with Crippen LogP contribution in [0.3, 0.4) is 0 Å². The SMILES string of the molecule is Cc1cccc(CC(CNC2CC2)CC(C)C)c1. The van der Waals surface area contributed by atoms with Crippen molar-refractivity contribution in [2.24, 2.45) is 11.8 Å². The van der Waals surface area contributed by atoms with E-state index in [2.05, 4.69) is 50.4 Å². The maximum absolute atomic E-state index is 3.70. The molecule has 18 heavy (non-hydrogen) atoms. The van der Waals surface area contributed by atoms with Crippen LogP contribution in [0.1, 0.15) is 44.2 Å². The van der Waals surface area contributed by atoms with Gasteiger partial charge in [0.15, 0.2) is 0 Å². The molecule has 0 aromatic heterocycles. The van der Waals surface area contributed by atoms with Gasteiger partial charge in [0.2, 0.25) is 0 Å². The largest absolute Gasteiger partial charge is 0.314 e. The lowest BCUT2D eigenvalue weighted by Gasteiger charge is -2.20. The van der Waals surface area contributed by atoms with Gasteiger partial charge in [-0.05, 0) is 56.6 Å². The Morgan fingerprint density at radius 1 is 1.28 bits per heavy atom. The molecular formula is C17H27N. The summed E-state index contributed by atoms with van der Waals surface area (Å²) < 4.78 is 0. The average molecular weight is 245 g/mol. The molecule has 1 heteroatoms. The molecule has 0 heterocycles. The summed E-state index contributed by atoms with van der Waals surface area (Å²) in [7, 11) is 0. The van der Waals surface area contributed by atoms with Gasteiger partial charge in [-0.1, -0.05) is 43.7 Å². The lowest BCUT2D eigenvalue weighted by molar-refractivity contribution is 0.384. The predicted molar refractivity (Wildman–Crippen MR) is 78.9 cm³/mol. The van der Waals surface area contributed by atoms with Gasteiger partial charge in [-0.15, -0.1) is 0 Å². The monoisotopic (exact) mass is 245 g/mol. The second kappa shape index (κ2) is 6.38. The summed E-state index contributed by atoms with van der Waals surface area (Å²) >= 11 is 0. The highest BCUT2D eigenvalue weighted by molar-refractivity contribution is 5.22. The summed E-state index contributed by atoms with van der Waals surface area (Å²) in [6.45, 7) is 8.04. The minimum atomic E-state index is 0.785. The van der Waals surface area contributed by atoms with E-state index in [-0.39, 0.29) is 0 Å². The van der Waals surface area contributed by atoms with Crippen molar-refractivity contribution < 1.29 is 0 Å². The van der Waals surface area contributed by atoms with E-state index in [0.29, 0.717) is 0 Å². The van der Waals surface area contributed by atoms with Gasteiger partial charge in [0, 0.05) is 6.04 Å². The Bertz CT molecular complexity index is 366. The van der Waals surface area contributed by atoms with E-state index in [1.165, 1.54) is 43.4 Å². The van der Waals surface area contributed by atoms with Crippen LogP contribution in [-0.4, -0.2) is 12.6 Å². The van der Waals surface area contributed by atoms with Crippen LogP contribution < -0.4 is 5.32 Å². The minimum absolute atomic E-state index is 0.785. The molecule has 1 atom stereocenters. The average Bonchev–Trinajstić information content (AvgIpc) is 3.09. The Kier molecular flexibility index (Phi) is 4.82. The molecule has 0 radical (unpaired) electrons. The van der Waals surface area contributed by atoms with Crippen LogP contribution in [0.4, 0.5) is 0 Å². The first-order chi connectivity index (χ1) is 8.63. The number of hydrogen-bond acceptors (Lipinski definition) is 1. The Morgan fingerprint density at radius 3 is 2.67 bits per heavy atom. The fourth-order valence-corrected chi connectivity index (χ4v) is 2.70. The molecule has 100 valence electrons. The smallest absolute Gasteiger partial charge is 0.00683 e. The molecule has 0 amide bonds. The number of rotatable bonds is 7. The first-order valence-corrected chi connectivity index (χ1v) is 7.42. The van der Waals surface area contributed by atoms with E-state index in [4.69, 9.17) is 0 Å². The first-order valence-electron chi connectivity index (χ1n) is 7.42. The van der Waals surface area contributed by atoms with Crippen LogP contribution in [-0.2, 0) is 6.42 Å². The third-order valence-electron chi connectivity index (χ3n) is 3.68. The van der Waals surface area contributed by atoms with Crippen LogP contribution in [0.2, 0.25) is 0 Å². The van der Waals surface area contributed by atoms with Crippen molar-refractivity contribution in [3.05, 3.63) is 35.4 Å². The third kappa shape index (κ3) is 4.81. The first kappa shape index (κ1) is 13.6. The van der Waals surface area contributed by atoms with Crippen LogP contribution in [0.5, 0.6) is 0 Å². The van der Waals surface area contributed by atoms with Crippen molar-refractivity contribution in [2.45, 2.75) is 52.5 Å².